The lowest BCUT2D eigenvalue weighted by molar-refractivity contribution is 0.0932. The third-order valence-electron chi connectivity index (χ3n) is 1.86. The summed E-state index contributed by atoms with van der Waals surface area (Å²) in [7, 11) is 1.54. The van der Waals surface area contributed by atoms with Crippen molar-refractivity contribution < 1.29 is 19.1 Å². The zero-order chi connectivity index (χ0) is 12.0. The molecule has 7 nitrogen and oxygen atoms in total. The van der Waals surface area contributed by atoms with Gasteiger partial charge in [0, 0.05) is 13.7 Å². The number of nitrogens with one attached hydrogen (secondary N) is 1. The van der Waals surface area contributed by atoms with Gasteiger partial charge >= 0.3 is 0 Å². The van der Waals surface area contributed by atoms with Crippen molar-refractivity contribution in [2.45, 2.75) is 6.04 Å². The topological polar surface area (TPSA) is 111 Å². The predicted octanol–water partition coefficient (Wildman–Crippen LogP) is -0.957. The molecule has 90 valence electrons. The van der Waals surface area contributed by atoms with E-state index >= 15 is 0 Å². The highest BCUT2D eigenvalue weighted by Gasteiger charge is 2.15. The van der Waals surface area contributed by atoms with E-state index in [9.17, 15) is 4.79 Å². The number of carbonyl (C=O) groups is 1. The quantitative estimate of drug-likeness (QED) is 0.542. The number of hydrogen-bond donors (Lipinski definition) is 3. The number of amides is 1. The van der Waals surface area contributed by atoms with Crippen molar-refractivity contribution >= 4 is 5.91 Å². The maximum Gasteiger partial charge on any atom is 0.273 e. The Hall–Kier alpha value is -1.44. The van der Waals surface area contributed by atoms with E-state index in [2.05, 4.69) is 10.3 Å². The monoisotopic (exact) mass is 229 g/mol. The van der Waals surface area contributed by atoms with Crippen molar-refractivity contribution in [3.8, 4) is 0 Å². The number of rotatable bonds is 6. The second-order valence-corrected chi connectivity index (χ2v) is 3.11. The Bertz CT molecular complexity index is 339. The number of nitrogens with zero attached hydrogens (tertiary/aromatic N) is 1. The van der Waals surface area contributed by atoms with Crippen LogP contribution in [0.3, 0.4) is 0 Å². The molecule has 0 aliphatic carbocycles. The number of methoxy groups -OCH3 is 1. The number of ether oxygens (including phenoxy) is 1. The first-order valence-corrected chi connectivity index (χ1v) is 4.78. The van der Waals surface area contributed by atoms with Crippen LogP contribution in [0.15, 0.2) is 10.7 Å². The van der Waals surface area contributed by atoms with Gasteiger partial charge in [-0.1, -0.05) is 0 Å². The molecule has 1 atom stereocenters. The van der Waals surface area contributed by atoms with E-state index in [1.807, 2.05) is 0 Å². The molecule has 0 aliphatic rings. The summed E-state index contributed by atoms with van der Waals surface area (Å²) < 4.78 is 9.73. The van der Waals surface area contributed by atoms with E-state index in [0.29, 0.717) is 13.2 Å². The molecule has 1 aromatic heterocycles. The van der Waals surface area contributed by atoms with Crippen LogP contribution in [-0.4, -0.2) is 42.9 Å². The van der Waals surface area contributed by atoms with Crippen molar-refractivity contribution in [2.75, 3.05) is 26.9 Å². The van der Waals surface area contributed by atoms with Crippen LogP contribution < -0.4 is 11.1 Å². The van der Waals surface area contributed by atoms with Gasteiger partial charge < -0.3 is 25.3 Å². The zero-order valence-corrected chi connectivity index (χ0v) is 8.97. The van der Waals surface area contributed by atoms with E-state index in [-0.39, 0.29) is 24.1 Å². The summed E-state index contributed by atoms with van der Waals surface area (Å²) in [5, 5.41) is 11.3. The zero-order valence-electron chi connectivity index (χ0n) is 8.97. The fraction of sp³-hybridized carbons (Fsp3) is 0.556. The van der Waals surface area contributed by atoms with E-state index in [1.54, 1.807) is 7.11 Å². The maximum atomic E-state index is 11.5. The lowest BCUT2D eigenvalue weighted by atomic mass is 10.3. The molecule has 1 aromatic rings. The Kier molecular flexibility index (Phi) is 4.90. The average Bonchev–Trinajstić information content (AvgIpc) is 2.77. The summed E-state index contributed by atoms with van der Waals surface area (Å²) in [4.78, 5) is 15.3. The summed E-state index contributed by atoms with van der Waals surface area (Å²) in [6.45, 7) is 0.529. The third kappa shape index (κ3) is 3.30. The van der Waals surface area contributed by atoms with Crippen LogP contribution in [0, 0.1) is 0 Å². The number of aliphatic hydroxyl groups is 1. The average molecular weight is 229 g/mol. The van der Waals surface area contributed by atoms with Gasteiger partial charge in [0.1, 0.15) is 12.3 Å². The second-order valence-electron chi connectivity index (χ2n) is 3.11. The van der Waals surface area contributed by atoms with Crippen molar-refractivity contribution in [1.82, 2.24) is 10.3 Å². The summed E-state index contributed by atoms with van der Waals surface area (Å²) in [5.41, 5.74) is 5.61. The normalized spacial score (nSPS) is 12.4. The minimum atomic E-state index is -0.708. The standard InChI is InChI=1S/C9H15N3O4/c1-15-3-2-11-8(14)7-5-16-9(12-7)6(10)4-13/h5-6,13H,2-4,10H2,1H3,(H,11,14). The lowest BCUT2D eigenvalue weighted by Crippen LogP contribution is -2.27. The first-order valence-electron chi connectivity index (χ1n) is 4.78. The Labute approximate surface area is 92.6 Å². The molecular formula is C9H15N3O4. The number of hydrogen-bond acceptors (Lipinski definition) is 6. The molecule has 0 saturated heterocycles. The minimum absolute atomic E-state index is 0.134. The molecule has 0 saturated carbocycles. The molecule has 0 spiro atoms. The number of oxazole rings is 1. The van der Waals surface area contributed by atoms with Crippen LogP contribution in [-0.2, 0) is 4.74 Å². The van der Waals surface area contributed by atoms with Crippen LogP contribution in [0.25, 0.3) is 0 Å². The van der Waals surface area contributed by atoms with Gasteiger partial charge in [0.2, 0.25) is 5.89 Å². The Balaban J connectivity index is 2.53. The molecule has 0 aliphatic heterocycles. The van der Waals surface area contributed by atoms with E-state index in [4.69, 9.17) is 20.0 Å². The smallest absolute Gasteiger partial charge is 0.273 e. The second kappa shape index (κ2) is 6.21. The first-order chi connectivity index (χ1) is 7.69. The number of nitrogens with two attached hydrogens (primary N) is 1. The molecule has 7 heteroatoms. The summed E-state index contributed by atoms with van der Waals surface area (Å²) in [6.07, 6.45) is 1.20. The number of aromatic nitrogens is 1. The third-order valence-corrected chi connectivity index (χ3v) is 1.86. The van der Waals surface area contributed by atoms with Crippen LogP contribution in [0.5, 0.6) is 0 Å². The van der Waals surface area contributed by atoms with Crippen LogP contribution >= 0.6 is 0 Å². The minimum Gasteiger partial charge on any atom is -0.446 e. The highest BCUT2D eigenvalue weighted by Crippen LogP contribution is 2.09. The van der Waals surface area contributed by atoms with Crippen LogP contribution in [0.1, 0.15) is 22.4 Å². The lowest BCUT2D eigenvalue weighted by Gasteiger charge is -2.01. The molecule has 1 unspecified atom stereocenters. The van der Waals surface area contributed by atoms with Gasteiger partial charge in [0.05, 0.1) is 13.2 Å². The van der Waals surface area contributed by atoms with Gasteiger partial charge in [-0.2, -0.15) is 0 Å². The Morgan fingerprint density at radius 3 is 3.19 bits per heavy atom. The van der Waals surface area contributed by atoms with Crippen LogP contribution in [0.2, 0.25) is 0 Å². The van der Waals surface area contributed by atoms with E-state index < -0.39 is 6.04 Å². The van der Waals surface area contributed by atoms with E-state index in [1.165, 1.54) is 6.26 Å². The van der Waals surface area contributed by atoms with Gasteiger partial charge in [0.15, 0.2) is 5.69 Å². The fourth-order valence-corrected chi connectivity index (χ4v) is 0.997. The van der Waals surface area contributed by atoms with Gasteiger partial charge in [-0.25, -0.2) is 4.98 Å². The van der Waals surface area contributed by atoms with Crippen molar-refractivity contribution in [1.29, 1.82) is 0 Å². The maximum absolute atomic E-state index is 11.5. The highest BCUT2D eigenvalue weighted by molar-refractivity contribution is 5.91. The summed E-state index contributed by atoms with van der Waals surface area (Å²) in [5.74, 6) is -0.225. The molecule has 0 fully saturated rings. The molecular weight excluding hydrogens is 214 g/mol. The number of carbonyl (C=O) groups excluding carboxylic acids is 1. The molecule has 0 aromatic carbocycles. The van der Waals surface area contributed by atoms with E-state index in [0.717, 1.165) is 0 Å². The van der Waals surface area contributed by atoms with Crippen molar-refractivity contribution in [3.05, 3.63) is 17.8 Å². The van der Waals surface area contributed by atoms with Crippen molar-refractivity contribution in [3.63, 3.8) is 0 Å². The van der Waals surface area contributed by atoms with Crippen molar-refractivity contribution in [2.24, 2.45) is 5.73 Å². The van der Waals surface area contributed by atoms with Gasteiger partial charge in [-0.3, -0.25) is 4.79 Å². The molecule has 0 radical (unpaired) electrons. The number of aliphatic hydroxyl groups excluding tert-OH is 1. The van der Waals surface area contributed by atoms with Gasteiger partial charge in [-0.15, -0.1) is 0 Å². The first kappa shape index (κ1) is 12.6. The molecule has 1 rings (SSSR count). The molecule has 1 amide bonds. The van der Waals surface area contributed by atoms with Crippen LogP contribution in [0.4, 0.5) is 0 Å². The Morgan fingerprint density at radius 1 is 1.81 bits per heavy atom. The predicted molar refractivity (Wildman–Crippen MR) is 54.7 cm³/mol. The molecule has 0 bridgehead atoms. The summed E-state index contributed by atoms with van der Waals surface area (Å²) in [6, 6.07) is -0.708. The summed E-state index contributed by atoms with van der Waals surface area (Å²) >= 11 is 0. The van der Waals surface area contributed by atoms with Gasteiger partial charge in [0.25, 0.3) is 5.91 Å². The largest absolute Gasteiger partial charge is 0.446 e. The molecule has 16 heavy (non-hydrogen) atoms. The fourth-order valence-electron chi connectivity index (χ4n) is 0.997. The highest BCUT2D eigenvalue weighted by atomic mass is 16.5. The SMILES string of the molecule is COCCNC(=O)c1coc(C(N)CO)n1. The molecule has 1 heterocycles. The molecule has 4 N–H and O–H groups in total. The Morgan fingerprint density at radius 2 is 2.56 bits per heavy atom. The van der Waals surface area contributed by atoms with Gasteiger partial charge in [-0.05, 0) is 0 Å².